The van der Waals surface area contributed by atoms with Gasteiger partial charge in [0.1, 0.15) is 5.75 Å². The van der Waals surface area contributed by atoms with Crippen LogP contribution in [0.25, 0.3) is 12.2 Å². The Morgan fingerprint density at radius 1 is 0.525 bits per heavy atom. The number of nitrogens with zero attached hydrogens (tertiary/aromatic N) is 4. The van der Waals surface area contributed by atoms with Gasteiger partial charge in [0.2, 0.25) is 0 Å². The molecule has 0 bridgehead atoms. The van der Waals surface area contributed by atoms with Crippen LogP contribution in [0.5, 0.6) is 28.7 Å². The predicted octanol–water partition coefficient (Wildman–Crippen LogP) is 9.68. The Labute approximate surface area is 354 Å². The highest BCUT2D eigenvalue weighted by Crippen LogP contribution is 2.47. The summed E-state index contributed by atoms with van der Waals surface area (Å²) in [4.78, 5) is 31.5. The number of hydrogen-bond acceptors (Lipinski definition) is 8. The molecule has 0 saturated carbocycles. The van der Waals surface area contributed by atoms with Crippen LogP contribution < -0.4 is 18.9 Å². The number of ether oxygens (including phenoxy) is 4. The quantitative estimate of drug-likeness (QED) is 0.127. The van der Waals surface area contributed by atoms with Crippen molar-refractivity contribution in [2.45, 2.75) is 23.9 Å². The Hall–Kier alpha value is -8.08. The molecule has 0 radical (unpaired) electrons. The van der Waals surface area contributed by atoms with E-state index in [4.69, 9.17) is 18.9 Å². The van der Waals surface area contributed by atoms with Gasteiger partial charge in [-0.05, 0) is 82.4 Å². The normalized spacial score (nSPS) is 17.3. The van der Waals surface area contributed by atoms with Crippen LogP contribution >= 0.6 is 0 Å². The van der Waals surface area contributed by atoms with E-state index in [1.807, 2.05) is 78.9 Å². The van der Waals surface area contributed by atoms with Gasteiger partial charge < -0.3 is 18.9 Å². The van der Waals surface area contributed by atoms with E-state index in [2.05, 4.69) is 12.1 Å². The smallest absolute Gasteiger partial charge is 0.259 e. The van der Waals surface area contributed by atoms with Crippen molar-refractivity contribution < 1.29 is 28.5 Å². The van der Waals surface area contributed by atoms with Gasteiger partial charge in [-0.2, -0.15) is 10.5 Å². The van der Waals surface area contributed by atoms with Crippen molar-refractivity contribution >= 4 is 24.0 Å². The molecule has 8 rings (SSSR count). The minimum absolute atomic E-state index is 0.0155. The van der Waals surface area contributed by atoms with Crippen molar-refractivity contribution in [1.29, 1.82) is 10.5 Å². The first-order valence-electron chi connectivity index (χ1n) is 19.5. The summed E-state index contributed by atoms with van der Waals surface area (Å²) in [6.07, 6.45) is 7.09. The van der Waals surface area contributed by atoms with Crippen LogP contribution in [0.1, 0.15) is 54.1 Å². The Morgan fingerprint density at radius 3 is 1.51 bits per heavy atom. The summed E-state index contributed by atoms with van der Waals surface area (Å²) in [6.45, 7) is 0. The zero-order valence-electron chi connectivity index (χ0n) is 33.7. The Bertz CT molecular complexity index is 2790. The zero-order chi connectivity index (χ0) is 42.6. The lowest BCUT2D eigenvalue weighted by molar-refractivity contribution is 0.0688. The lowest BCUT2D eigenvalue weighted by Crippen LogP contribution is -2.49. The van der Waals surface area contributed by atoms with Crippen LogP contribution in [0.3, 0.4) is 0 Å². The van der Waals surface area contributed by atoms with E-state index >= 15 is 0 Å². The van der Waals surface area contributed by atoms with Gasteiger partial charge in [-0.15, -0.1) is 0 Å². The molecule has 2 heterocycles. The highest BCUT2D eigenvalue weighted by molar-refractivity contribution is 5.97. The number of methoxy groups -OCH3 is 3. The van der Waals surface area contributed by atoms with Gasteiger partial charge >= 0.3 is 0 Å². The van der Waals surface area contributed by atoms with E-state index < -0.39 is 11.1 Å². The number of fused-ring (bicyclic) bond motifs is 2. The molecular weight excluding hydrogens is 765 g/mol. The van der Waals surface area contributed by atoms with Crippen LogP contribution in [0, 0.1) is 22.7 Å². The van der Waals surface area contributed by atoms with Crippen LogP contribution in [0.2, 0.25) is 0 Å². The summed E-state index contributed by atoms with van der Waals surface area (Å²) in [5, 5.41) is 22.4. The maximum Gasteiger partial charge on any atom is 0.259 e. The van der Waals surface area contributed by atoms with Gasteiger partial charge in [0.25, 0.3) is 11.8 Å². The third-order valence-electron chi connectivity index (χ3n) is 11.2. The minimum atomic E-state index is -1.53. The molecule has 6 aromatic rings. The van der Waals surface area contributed by atoms with Crippen LogP contribution in [-0.2, 0) is 23.9 Å². The van der Waals surface area contributed by atoms with E-state index in [9.17, 15) is 20.1 Å². The van der Waals surface area contributed by atoms with Gasteiger partial charge in [0.05, 0.1) is 33.5 Å². The fourth-order valence-electron chi connectivity index (χ4n) is 8.19. The maximum absolute atomic E-state index is 14.3. The third-order valence-corrected chi connectivity index (χ3v) is 11.2. The van der Waals surface area contributed by atoms with E-state index in [-0.39, 0.29) is 24.7 Å². The maximum atomic E-state index is 14.3. The van der Waals surface area contributed by atoms with Crippen molar-refractivity contribution in [1.82, 2.24) is 9.80 Å². The first-order chi connectivity index (χ1) is 29.8. The molecule has 61 heavy (non-hydrogen) atoms. The molecule has 10 heteroatoms. The van der Waals surface area contributed by atoms with Gasteiger partial charge in [-0.1, -0.05) is 91.0 Å². The molecule has 2 aliphatic heterocycles. The fourth-order valence-corrected chi connectivity index (χ4v) is 8.19. The standard InChI is InChI=1S/C51H40N4O6/c1-58-43-23-22-35(31-50(33-52)41-20-12-10-14-36(41)24-26-54(50)48(56)38-16-6-4-7-17-38)28-47(43)61-44-30-46(60-3)45(59-2)29-40(44)32-51(34-53)42-21-13-11-15-37(42)25-27-55(51)49(57)39-18-8-5-9-19-39/h4-30H,31-32H2,1-3H3/t50-,51+/m0/s1. The lowest BCUT2D eigenvalue weighted by atomic mass is 9.78. The van der Waals surface area contributed by atoms with Crippen molar-refractivity contribution in [2.75, 3.05) is 21.3 Å². The SMILES string of the molecule is COc1cc(C[C@@]2(C#N)c3ccccc3C=CN2C(=O)c2ccccc2)c(Oc2cc(C[C@]3(C#N)c4ccccc4C=CN3C(=O)c3ccccc3)ccc2OC)cc1OC. The second-order valence-corrected chi connectivity index (χ2v) is 14.6. The Kier molecular flexibility index (Phi) is 10.8. The summed E-state index contributed by atoms with van der Waals surface area (Å²) in [5.74, 6) is 1.08. The van der Waals surface area contributed by atoms with Crippen molar-refractivity contribution in [3.8, 4) is 40.9 Å². The number of benzene rings is 6. The molecule has 0 fully saturated rings. The number of carbonyl (C=O) groups excluding carboxylic acids is 2. The average Bonchev–Trinajstić information content (AvgIpc) is 3.32. The summed E-state index contributed by atoms with van der Waals surface area (Å²) in [5.41, 5.74) is 2.05. The minimum Gasteiger partial charge on any atom is -0.493 e. The van der Waals surface area contributed by atoms with Crippen molar-refractivity contribution in [3.05, 3.63) is 196 Å². The van der Waals surface area contributed by atoms with Crippen LogP contribution in [0.15, 0.2) is 152 Å². The molecule has 2 aliphatic rings. The summed E-state index contributed by atoms with van der Waals surface area (Å²) >= 11 is 0. The van der Waals surface area contributed by atoms with Crippen molar-refractivity contribution in [3.63, 3.8) is 0 Å². The monoisotopic (exact) mass is 804 g/mol. The fraction of sp³-hybridized carbons (Fsp3) is 0.137. The average molecular weight is 805 g/mol. The molecule has 0 saturated heterocycles. The Morgan fingerprint density at radius 2 is 1.00 bits per heavy atom. The largest absolute Gasteiger partial charge is 0.493 e. The Balaban J connectivity index is 1.23. The van der Waals surface area contributed by atoms with E-state index in [0.29, 0.717) is 62.1 Å². The highest BCUT2D eigenvalue weighted by Gasteiger charge is 2.46. The molecule has 0 N–H and O–H groups in total. The van der Waals surface area contributed by atoms with Crippen LogP contribution in [-0.4, -0.2) is 42.9 Å². The van der Waals surface area contributed by atoms with E-state index in [0.717, 1.165) is 11.1 Å². The molecule has 10 nitrogen and oxygen atoms in total. The highest BCUT2D eigenvalue weighted by atomic mass is 16.5. The van der Waals surface area contributed by atoms with E-state index in [1.54, 1.807) is 85.2 Å². The van der Waals surface area contributed by atoms with Crippen molar-refractivity contribution in [2.24, 2.45) is 0 Å². The predicted molar refractivity (Wildman–Crippen MR) is 231 cm³/mol. The molecule has 0 spiro atoms. The molecule has 2 amide bonds. The van der Waals surface area contributed by atoms with Crippen LogP contribution in [0.4, 0.5) is 0 Å². The van der Waals surface area contributed by atoms with Gasteiger partial charge in [0, 0.05) is 48.0 Å². The molecule has 300 valence electrons. The summed E-state index contributed by atoms with van der Waals surface area (Å²) in [7, 11) is 4.57. The number of amides is 2. The van der Waals surface area contributed by atoms with Gasteiger partial charge in [-0.25, -0.2) is 0 Å². The lowest BCUT2D eigenvalue weighted by Gasteiger charge is -2.41. The molecule has 0 aromatic heterocycles. The zero-order valence-corrected chi connectivity index (χ0v) is 33.7. The number of nitriles is 2. The summed E-state index contributed by atoms with van der Waals surface area (Å²) in [6, 6.07) is 46.7. The first kappa shape index (κ1) is 39.7. The molecule has 0 aliphatic carbocycles. The second-order valence-electron chi connectivity index (χ2n) is 14.6. The molecular formula is C51H40N4O6. The van der Waals surface area contributed by atoms with Gasteiger partial charge in [0.15, 0.2) is 34.1 Å². The number of rotatable bonds is 11. The van der Waals surface area contributed by atoms with Gasteiger partial charge in [-0.3, -0.25) is 19.4 Å². The third kappa shape index (κ3) is 7.11. The second kappa shape index (κ2) is 16.6. The molecule has 2 atom stereocenters. The number of carbonyl (C=O) groups is 2. The summed E-state index contributed by atoms with van der Waals surface area (Å²) < 4.78 is 24.1. The first-order valence-corrected chi connectivity index (χ1v) is 19.5. The molecule has 0 unspecified atom stereocenters. The van der Waals surface area contributed by atoms with E-state index in [1.165, 1.54) is 31.1 Å². The topological polar surface area (TPSA) is 125 Å². The number of hydrogen-bond donors (Lipinski definition) is 0. The molecule has 6 aromatic carbocycles.